The van der Waals surface area contributed by atoms with Crippen molar-refractivity contribution in [2.45, 2.75) is 39.2 Å². The van der Waals surface area contributed by atoms with Crippen molar-refractivity contribution in [2.24, 2.45) is 36.1 Å². The molecule has 14 heteroatoms. The number of amides is 4. The smallest absolute Gasteiger partial charge is 0.242 e. The molecule has 1 saturated carbocycles. The molecule has 0 bridgehead atoms. The topological polar surface area (TPSA) is 144 Å². The molecule has 63 heavy (non-hydrogen) atoms. The van der Waals surface area contributed by atoms with Crippen LogP contribution in [-0.4, -0.2) is 52.7 Å². The lowest BCUT2D eigenvalue weighted by Crippen LogP contribution is -2.48. The number of imide groups is 2. The molecule has 4 amide bonds. The van der Waals surface area contributed by atoms with E-state index in [1.165, 1.54) is 9.80 Å². The molecule has 2 saturated heterocycles. The van der Waals surface area contributed by atoms with Crippen LogP contribution in [0, 0.1) is 36.0 Å². The van der Waals surface area contributed by atoms with E-state index in [0.717, 1.165) is 37.2 Å². The number of aliphatic hydroxyl groups excluding tert-OH is 1. The van der Waals surface area contributed by atoms with Gasteiger partial charge >= 0.3 is 0 Å². The van der Waals surface area contributed by atoms with Gasteiger partial charge in [0.1, 0.15) is 41.1 Å². The second kappa shape index (κ2) is 15.2. The van der Waals surface area contributed by atoms with Crippen LogP contribution in [0.4, 0.5) is 11.5 Å². The van der Waals surface area contributed by atoms with Gasteiger partial charge in [0.25, 0.3) is 0 Å². The summed E-state index contributed by atoms with van der Waals surface area (Å²) in [6.45, 7) is 3.45. The lowest BCUT2D eigenvalue weighted by Gasteiger charge is -2.48. The second-order valence-corrected chi connectivity index (χ2v) is 18.4. The lowest BCUT2D eigenvalue weighted by molar-refractivity contribution is -0.131. The van der Waals surface area contributed by atoms with Crippen molar-refractivity contribution in [3.63, 3.8) is 0 Å². The molecule has 320 valence electrons. The number of aromatic nitrogens is 2. The molecule has 3 aromatic carbocycles. The minimum Gasteiger partial charge on any atom is -0.497 e. The number of thiophene rings is 1. The maximum Gasteiger partial charge on any atom is 0.242 e. The zero-order chi connectivity index (χ0) is 44.1. The van der Waals surface area contributed by atoms with Crippen LogP contribution in [0.2, 0.25) is 5.02 Å². The molecule has 2 aliphatic carbocycles. The number of nitrogens with zero attached hydrogens (tertiary/aromatic N) is 4. The van der Waals surface area contributed by atoms with E-state index in [1.54, 1.807) is 74.5 Å². The zero-order valence-electron chi connectivity index (χ0n) is 35.1. The molecule has 10 rings (SSSR count). The maximum absolute atomic E-state index is 15.1. The van der Waals surface area contributed by atoms with Crippen LogP contribution in [-0.2, 0) is 32.8 Å². The number of anilines is 2. The number of hydrogen-bond acceptors (Lipinski definition) is 10. The molecule has 2 aliphatic heterocycles. The van der Waals surface area contributed by atoms with Gasteiger partial charge in [-0.1, -0.05) is 47.5 Å². The van der Waals surface area contributed by atoms with Gasteiger partial charge < -0.3 is 19.0 Å². The summed E-state index contributed by atoms with van der Waals surface area (Å²) in [5, 5.41) is 16.5. The number of benzene rings is 3. The van der Waals surface area contributed by atoms with Gasteiger partial charge in [0.15, 0.2) is 0 Å². The summed E-state index contributed by atoms with van der Waals surface area (Å²) in [6, 6.07) is 23.7. The van der Waals surface area contributed by atoms with Crippen molar-refractivity contribution in [3.05, 3.63) is 124 Å². The van der Waals surface area contributed by atoms with Crippen molar-refractivity contribution >= 4 is 80.3 Å². The molecule has 4 aliphatic rings. The van der Waals surface area contributed by atoms with E-state index in [-0.39, 0.29) is 31.3 Å². The van der Waals surface area contributed by atoms with E-state index >= 15 is 4.79 Å². The Kier molecular flexibility index (Phi) is 9.85. The average molecular weight is 883 g/mol. The summed E-state index contributed by atoms with van der Waals surface area (Å²) in [4.78, 5) is 62.5. The molecule has 0 spiro atoms. The molecule has 3 fully saturated rings. The lowest BCUT2D eigenvalue weighted by atomic mass is 9.52. The first-order valence-electron chi connectivity index (χ1n) is 20.7. The number of aliphatic hydroxyl groups is 1. The molecule has 0 radical (unpaired) electrons. The Morgan fingerprint density at radius 3 is 2.44 bits per heavy atom. The predicted octanol–water partition coefficient (Wildman–Crippen LogP) is 8.97. The third-order valence-electron chi connectivity index (χ3n) is 13.7. The largest absolute Gasteiger partial charge is 0.497 e. The fourth-order valence-electron chi connectivity index (χ4n) is 10.5. The van der Waals surface area contributed by atoms with Gasteiger partial charge in [0.05, 0.1) is 53.9 Å². The Morgan fingerprint density at radius 2 is 1.71 bits per heavy atom. The van der Waals surface area contributed by atoms with Crippen molar-refractivity contribution in [1.82, 2.24) is 9.78 Å². The first-order valence-corrected chi connectivity index (χ1v) is 21.9. The molecule has 5 heterocycles. The third-order valence-corrected chi connectivity index (χ3v) is 15.2. The average Bonchev–Trinajstić information content (AvgIpc) is 4.09. The summed E-state index contributed by atoms with van der Waals surface area (Å²) in [6.07, 6.45) is 6.26. The highest BCUT2D eigenvalue weighted by Crippen LogP contribution is 2.64. The van der Waals surface area contributed by atoms with Gasteiger partial charge in [-0.05, 0) is 110 Å². The van der Waals surface area contributed by atoms with E-state index in [9.17, 15) is 19.5 Å². The maximum atomic E-state index is 15.1. The van der Waals surface area contributed by atoms with Crippen LogP contribution in [0.1, 0.15) is 53.9 Å². The molecule has 12 nitrogen and oxygen atoms in total. The minimum atomic E-state index is -1.32. The standard InChI is InChI=1S/C49H43ClN4O8S/c1-25-34-21-28(50)10-19-40(34)63-44(25)37-23-41(52(3)51-37)54-46(57)36-22-35-32(43(49(36,2)48(54)59)39-18-14-31(24-55)62-39)15-16-33-42(35)47(58)53(45(33)56)29-11-7-26(8-12-29)6-9-27-20-30(60-4)13-17-38(27)61-5/h6-15,17-21,23,33,35-36,42-43,55H,16,22,24H2,1-5H3. The number of carbonyl (C=O) groups excluding carboxylic acids is 4. The SMILES string of the molecule is COc1ccc(OC)c(C=Cc2ccc(N3C(=O)C4CC=C5C(CC6C(=O)N(c7cc(-c8sc9ccc(Cl)cc9c8C)nn7C)C(=O)C6(C)C5c5ccc(CO)o5)C4C3=O)cc2)c1. The van der Waals surface area contributed by atoms with Gasteiger partial charge in [0.2, 0.25) is 23.6 Å². The molecule has 1 N–H and O–H groups in total. The Balaban J connectivity index is 0.982. The Bertz CT molecular complexity index is 2960. The molecule has 3 aromatic heterocycles. The normalized spacial score (nSPS) is 24.4. The van der Waals surface area contributed by atoms with Crippen molar-refractivity contribution in [3.8, 4) is 22.1 Å². The van der Waals surface area contributed by atoms with Crippen molar-refractivity contribution in [1.29, 1.82) is 0 Å². The van der Waals surface area contributed by atoms with E-state index in [2.05, 4.69) is 0 Å². The number of hydrogen-bond donors (Lipinski definition) is 1. The van der Waals surface area contributed by atoms with Gasteiger partial charge in [-0.2, -0.15) is 5.10 Å². The Hall–Kier alpha value is -6.28. The second-order valence-electron chi connectivity index (χ2n) is 16.9. The minimum absolute atomic E-state index is 0.180. The molecule has 6 atom stereocenters. The number of allylic oxidation sites excluding steroid dienone is 2. The highest BCUT2D eigenvalue weighted by molar-refractivity contribution is 7.22. The quantitative estimate of drug-likeness (QED) is 0.0855. The van der Waals surface area contributed by atoms with Crippen LogP contribution in [0.5, 0.6) is 11.5 Å². The van der Waals surface area contributed by atoms with Gasteiger partial charge in [-0.25, -0.2) is 4.90 Å². The van der Waals surface area contributed by atoms with E-state index in [0.29, 0.717) is 45.2 Å². The molecule has 6 aromatic rings. The summed E-state index contributed by atoms with van der Waals surface area (Å²) in [5.74, 6) is -2.59. The van der Waals surface area contributed by atoms with E-state index in [4.69, 9.17) is 30.6 Å². The van der Waals surface area contributed by atoms with Crippen LogP contribution in [0.25, 0.3) is 32.8 Å². The highest BCUT2D eigenvalue weighted by atomic mass is 35.5. The number of carbonyl (C=O) groups is 4. The number of furan rings is 1. The van der Waals surface area contributed by atoms with Gasteiger partial charge in [-0.15, -0.1) is 11.3 Å². The highest BCUT2D eigenvalue weighted by Gasteiger charge is 2.68. The van der Waals surface area contributed by atoms with Gasteiger partial charge in [0, 0.05) is 28.4 Å². The Morgan fingerprint density at radius 1 is 0.921 bits per heavy atom. The number of ether oxygens (including phenoxy) is 2. The van der Waals surface area contributed by atoms with E-state index in [1.807, 2.05) is 73.7 Å². The number of methoxy groups -OCH3 is 2. The number of aryl methyl sites for hydroxylation is 2. The first-order chi connectivity index (χ1) is 30.4. The third kappa shape index (κ3) is 6.23. The molecular formula is C49H43ClN4O8S. The summed E-state index contributed by atoms with van der Waals surface area (Å²) in [5.41, 5.74) is 3.20. The van der Waals surface area contributed by atoms with Gasteiger partial charge in [-0.3, -0.25) is 28.8 Å². The van der Waals surface area contributed by atoms with Crippen LogP contribution in [0.15, 0.2) is 94.9 Å². The van der Waals surface area contributed by atoms with E-state index < -0.39 is 46.8 Å². The van der Waals surface area contributed by atoms with Crippen LogP contribution < -0.4 is 19.3 Å². The molecule has 6 unspecified atom stereocenters. The van der Waals surface area contributed by atoms with Crippen molar-refractivity contribution < 1.29 is 38.2 Å². The fraction of sp³-hybridized carbons (Fsp3) is 0.286. The number of rotatable bonds is 9. The fourth-order valence-corrected chi connectivity index (χ4v) is 11.8. The molecular weight excluding hydrogens is 840 g/mol. The van der Waals surface area contributed by atoms with Crippen LogP contribution >= 0.6 is 22.9 Å². The summed E-state index contributed by atoms with van der Waals surface area (Å²) < 4.78 is 19.7. The van der Waals surface area contributed by atoms with Crippen LogP contribution in [0.3, 0.4) is 0 Å². The zero-order valence-corrected chi connectivity index (χ0v) is 36.7. The predicted molar refractivity (Wildman–Crippen MR) is 240 cm³/mol. The Labute approximate surface area is 371 Å². The number of fused-ring (bicyclic) bond motifs is 5. The summed E-state index contributed by atoms with van der Waals surface area (Å²) in [7, 11) is 4.92. The first kappa shape index (κ1) is 40.8. The summed E-state index contributed by atoms with van der Waals surface area (Å²) >= 11 is 7.90. The number of halogens is 1. The monoisotopic (exact) mass is 882 g/mol. The van der Waals surface area contributed by atoms with Crippen molar-refractivity contribution in [2.75, 3.05) is 24.0 Å².